The molecule has 3 aromatic carbocycles. The first-order valence-corrected chi connectivity index (χ1v) is 12.6. The lowest BCUT2D eigenvalue weighted by Gasteiger charge is -2.43. The summed E-state index contributed by atoms with van der Waals surface area (Å²) in [6.07, 6.45) is 2.23. The Hall–Kier alpha value is -3.97. The van der Waals surface area contributed by atoms with Gasteiger partial charge in [-0.05, 0) is 41.7 Å². The van der Waals surface area contributed by atoms with E-state index in [9.17, 15) is 9.18 Å². The topological polar surface area (TPSA) is 78.5 Å². The lowest BCUT2D eigenvalue weighted by molar-refractivity contribution is -0.00946. The van der Waals surface area contributed by atoms with Crippen LogP contribution in [-0.2, 0) is 4.74 Å². The predicted octanol–water partition coefficient (Wildman–Crippen LogP) is 6.91. The number of nitrogens with zero attached hydrogens (tertiary/aromatic N) is 2. The first kappa shape index (κ1) is 24.7. The van der Waals surface area contributed by atoms with Gasteiger partial charge in [-0.15, -0.1) is 0 Å². The van der Waals surface area contributed by atoms with Crippen LogP contribution in [0, 0.1) is 5.82 Å². The minimum Gasteiger partial charge on any atom is -0.450 e. The van der Waals surface area contributed by atoms with E-state index >= 15 is 0 Å². The molecule has 7 heteroatoms. The smallest absolute Gasteiger partial charge is 0.450 e. The van der Waals surface area contributed by atoms with E-state index in [1.54, 1.807) is 18.3 Å². The number of benzene rings is 3. The minimum atomic E-state index is -1.24. The molecule has 6 nitrogen and oxygen atoms in total. The Bertz CT molecular complexity index is 1340. The third kappa shape index (κ3) is 5.27. The number of ether oxygens (including phenoxy) is 1. The molecular weight excluding hydrogens is 469 g/mol. The number of nitrogens with one attached hydrogen (secondary N) is 1. The zero-order chi connectivity index (χ0) is 25.8. The van der Waals surface area contributed by atoms with E-state index in [1.165, 1.54) is 6.07 Å². The molecule has 3 atom stereocenters. The number of carbonyl (C=O) groups is 1. The largest absolute Gasteiger partial charge is 0.506 e. The van der Waals surface area contributed by atoms with Gasteiger partial charge in [-0.2, -0.15) is 5.10 Å². The molecule has 190 valence electrons. The van der Waals surface area contributed by atoms with Gasteiger partial charge in [0.1, 0.15) is 11.9 Å². The number of hydrogen-bond donors (Lipinski definition) is 2. The fourth-order valence-corrected chi connectivity index (χ4v) is 5.44. The maximum absolute atomic E-state index is 14.9. The van der Waals surface area contributed by atoms with E-state index in [4.69, 9.17) is 9.84 Å². The van der Waals surface area contributed by atoms with Gasteiger partial charge in [-0.25, -0.2) is 9.18 Å². The van der Waals surface area contributed by atoms with Crippen molar-refractivity contribution in [3.63, 3.8) is 0 Å². The highest BCUT2D eigenvalue weighted by Crippen LogP contribution is 2.40. The normalized spacial score (nSPS) is 18.9. The van der Waals surface area contributed by atoms with Crippen LogP contribution in [0.2, 0.25) is 0 Å². The molecule has 37 heavy (non-hydrogen) atoms. The average molecular weight is 500 g/mol. The van der Waals surface area contributed by atoms with Crippen molar-refractivity contribution in [3.8, 4) is 22.4 Å². The van der Waals surface area contributed by atoms with Gasteiger partial charge in [-0.1, -0.05) is 73.7 Å². The molecule has 4 aromatic rings. The highest BCUT2D eigenvalue weighted by Gasteiger charge is 2.36. The van der Waals surface area contributed by atoms with Gasteiger partial charge >= 0.3 is 6.16 Å². The Morgan fingerprint density at radius 2 is 1.78 bits per heavy atom. The standard InChI is InChI=1S/C30H30FN3O3/c1-2-23-18-24(37-30(35)36)16-17-34(23)29(22-14-12-21(13-15-22)20-8-4-3-5-9-20)26-19-32-33-28(26)25-10-6-7-11-27(25)31/h3-15,19,23-24,29H,2,16-18H2,1H3,(H,32,33)(H,35,36). The maximum Gasteiger partial charge on any atom is 0.506 e. The summed E-state index contributed by atoms with van der Waals surface area (Å²) in [6.45, 7) is 2.74. The molecular formula is C30H30FN3O3. The molecule has 0 spiro atoms. The van der Waals surface area contributed by atoms with Gasteiger partial charge in [0, 0.05) is 30.1 Å². The Morgan fingerprint density at radius 3 is 2.49 bits per heavy atom. The molecule has 1 fully saturated rings. The number of likely N-dealkylation sites (tertiary alicyclic amines) is 1. The second-order valence-electron chi connectivity index (χ2n) is 9.40. The van der Waals surface area contributed by atoms with E-state index in [1.807, 2.05) is 24.3 Å². The zero-order valence-electron chi connectivity index (χ0n) is 20.7. The van der Waals surface area contributed by atoms with Crippen molar-refractivity contribution in [2.45, 2.75) is 44.4 Å². The van der Waals surface area contributed by atoms with Crippen molar-refractivity contribution < 1.29 is 19.0 Å². The highest BCUT2D eigenvalue weighted by atomic mass is 19.1. The molecule has 0 radical (unpaired) electrons. The van der Waals surface area contributed by atoms with E-state index in [-0.39, 0.29) is 24.0 Å². The number of hydrogen-bond acceptors (Lipinski definition) is 4. The van der Waals surface area contributed by atoms with Crippen LogP contribution in [0.15, 0.2) is 85.1 Å². The molecule has 2 N–H and O–H groups in total. The summed E-state index contributed by atoms with van der Waals surface area (Å²) in [5, 5.41) is 16.5. The van der Waals surface area contributed by atoms with Crippen LogP contribution in [0.5, 0.6) is 0 Å². The van der Waals surface area contributed by atoms with Crippen molar-refractivity contribution in [2.75, 3.05) is 6.54 Å². The molecule has 5 rings (SSSR count). The van der Waals surface area contributed by atoms with Gasteiger partial charge in [0.05, 0.1) is 17.9 Å². The molecule has 0 aliphatic carbocycles. The molecule has 3 unspecified atom stereocenters. The number of rotatable bonds is 7. The number of halogens is 1. The van der Waals surface area contributed by atoms with Crippen molar-refractivity contribution in [1.29, 1.82) is 0 Å². The zero-order valence-corrected chi connectivity index (χ0v) is 20.7. The van der Waals surface area contributed by atoms with E-state index in [0.717, 1.165) is 28.7 Å². The molecule has 0 saturated carbocycles. The molecule has 1 saturated heterocycles. The SMILES string of the molecule is CCC1CC(OC(=O)O)CCN1C(c1ccc(-c2ccccc2)cc1)c1cn[nH]c1-c1ccccc1F. The number of aromatic nitrogens is 2. The molecule has 0 bridgehead atoms. The maximum atomic E-state index is 14.9. The van der Waals surface area contributed by atoms with Crippen LogP contribution in [0.25, 0.3) is 22.4 Å². The predicted molar refractivity (Wildman–Crippen MR) is 141 cm³/mol. The third-order valence-corrected chi connectivity index (χ3v) is 7.22. The summed E-state index contributed by atoms with van der Waals surface area (Å²) in [7, 11) is 0. The number of carboxylic acid groups (broad SMARTS) is 1. The summed E-state index contributed by atoms with van der Waals surface area (Å²) in [5.74, 6) is -0.313. The van der Waals surface area contributed by atoms with Crippen molar-refractivity contribution >= 4 is 6.16 Å². The first-order valence-electron chi connectivity index (χ1n) is 12.6. The monoisotopic (exact) mass is 499 g/mol. The quantitative estimate of drug-likeness (QED) is 0.270. The Morgan fingerprint density at radius 1 is 1.08 bits per heavy atom. The van der Waals surface area contributed by atoms with Crippen LogP contribution in [-0.4, -0.2) is 45.0 Å². The molecule has 2 heterocycles. The summed E-state index contributed by atoms with van der Waals surface area (Å²) < 4.78 is 20.0. The number of piperidine rings is 1. The van der Waals surface area contributed by atoms with Gasteiger partial charge in [-0.3, -0.25) is 10.00 Å². The summed E-state index contributed by atoms with van der Waals surface area (Å²) in [6, 6.07) is 25.3. The van der Waals surface area contributed by atoms with Crippen molar-refractivity contribution in [3.05, 3.63) is 102 Å². The molecule has 0 amide bonds. The Kier molecular flexibility index (Phi) is 7.32. The van der Waals surface area contributed by atoms with Crippen LogP contribution >= 0.6 is 0 Å². The van der Waals surface area contributed by atoms with Gasteiger partial charge in [0.15, 0.2) is 0 Å². The van der Waals surface area contributed by atoms with Crippen LogP contribution in [0.1, 0.15) is 43.4 Å². The van der Waals surface area contributed by atoms with Gasteiger partial charge < -0.3 is 9.84 Å². The number of aromatic amines is 1. The third-order valence-electron chi connectivity index (χ3n) is 7.22. The minimum absolute atomic E-state index is 0.0836. The molecule has 1 aliphatic rings. The summed E-state index contributed by atoms with van der Waals surface area (Å²) in [5.41, 5.74) is 5.32. The Labute approximate surface area is 215 Å². The summed E-state index contributed by atoms with van der Waals surface area (Å²) in [4.78, 5) is 13.6. The van der Waals surface area contributed by atoms with Crippen molar-refractivity contribution in [2.24, 2.45) is 0 Å². The van der Waals surface area contributed by atoms with Crippen LogP contribution in [0.4, 0.5) is 9.18 Å². The highest BCUT2D eigenvalue weighted by molar-refractivity contribution is 5.66. The Balaban J connectivity index is 1.56. The average Bonchev–Trinajstić information content (AvgIpc) is 3.39. The molecule has 1 aromatic heterocycles. The second kappa shape index (κ2) is 11.0. The van der Waals surface area contributed by atoms with Gasteiger partial charge in [0.2, 0.25) is 0 Å². The van der Waals surface area contributed by atoms with Gasteiger partial charge in [0.25, 0.3) is 0 Å². The lowest BCUT2D eigenvalue weighted by atomic mass is 9.88. The second-order valence-corrected chi connectivity index (χ2v) is 9.40. The van der Waals surface area contributed by atoms with Crippen LogP contribution in [0.3, 0.4) is 0 Å². The van der Waals surface area contributed by atoms with E-state index in [2.05, 4.69) is 58.4 Å². The van der Waals surface area contributed by atoms with Crippen LogP contribution < -0.4 is 0 Å². The molecule has 1 aliphatic heterocycles. The fraction of sp³-hybridized carbons (Fsp3) is 0.267. The number of H-pyrrole nitrogens is 1. The first-order chi connectivity index (χ1) is 18.0. The van der Waals surface area contributed by atoms with E-state index in [0.29, 0.717) is 30.6 Å². The van der Waals surface area contributed by atoms with Crippen molar-refractivity contribution in [1.82, 2.24) is 15.1 Å². The summed E-state index contributed by atoms with van der Waals surface area (Å²) >= 11 is 0. The fourth-order valence-electron chi connectivity index (χ4n) is 5.44. The lowest BCUT2D eigenvalue weighted by Crippen LogP contribution is -2.47. The van der Waals surface area contributed by atoms with E-state index < -0.39 is 6.16 Å².